The Labute approximate surface area is 108 Å². The molecule has 0 saturated heterocycles. The van der Waals surface area contributed by atoms with Gasteiger partial charge < -0.3 is 5.32 Å². The summed E-state index contributed by atoms with van der Waals surface area (Å²) in [6, 6.07) is 2.53. The Morgan fingerprint density at radius 1 is 1.33 bits per heavy atom. The van der Waals surface area contributed by atoms with Gasteiger partial charge in [0.15, 0.2) is 0 Å². The van der Waals surface area contributed by atoms with Crippen LogP contribution in [0.2, 0.25) is 0 Å². The summed E-state index contributed by atoms with van der Waals surface area (Å²) in [6.45, 7) is 3.87. The molecule has 6 heteroatoms. The standard InChI is InChI=1S/C12H15F4NS/c1-3-18-7-8(2)17-11-5-4-9(6-10(11)13)12(14,15)16/h4-6,8,17H,3,7H2,1-2H3. The number of nitrogens with one attached hydrogen (secondary N) is 1. The van der Waals surface area contributed by atoms with Crippen molar-refractivity contribution in [3.8, 4) is 0 Å². The van der Waals surface area contributed by atoms with Crippen LogP contribution in [0.5, 0.6) is 0 Å². The van der Waals surface area contributed by atoms with E-state index in [9.17, 15) is 17.6 Å². The predicted octanol–water partition coefficient (Wildman–Crippen LogP) is 4.40. The molecule has 0 radical (unpaired) electrons. The molecule has 0 spiro atoms. The van der Waals surface area contributed by atoms with Crippen LogP contribution in [0.4, 0.5) is 23.2 Å². The summed E-state index contributed by atoms with van der Waals surface area (Å²) in [7, 11) is 0. The highest BCUT2D eigenvalue weighted by atomic mass is 32.2. The van der Waals surface area contributed by atoms with E-state index < -0.39 is 17.6 Å². The predicted molar refractivity (Wildman–Crippen MR) is 67.5 cm³/mol. The highest BCUT2D eigenvalue weighted by molar-refractivity contribution is 7.99. The molecule has 1 atom stereocenters. The molecule has 1 nitrogen and oxygen atoms in total. The van der Waals surface area contributed by atoms with Crippen LogP contribution in [-0.4, -0.2) is 17.5 Å². The number of benzene rings is 1. The van der Waals surface area contributed by atoms with Gasteiger partial charge in [-0.1, -0.05) is 6.92 Å². The average Bonchev–Trinajstić information content (AvgIpc) is 2.27. The second-order valence-electron chi connectivity index (χ2n) is 3.90. The van der Waals surface area contributed by atoms with E-state index in [1.807, 2.05) is 13.8 Å². The Morgan fingerprint density at radius 3 is 2.50 bits per heavy atom. The molecule has 1 aromatic rings. The monoisotopic (exact) mass is 281 g/mol. The molecule has 0 aromatic heterocycles. The van der Waals surface area contributed by atoms with Crippen molar-refractivity contribution in [3.05, 3.63) is 29.6 Å². The molecular weight excluding hydrogens is 266 g/mol. The van der Waals surface area contributed by atoms with Crippen LogP contribution in [0.25, 0.3) is 0 Å². The number of alkyl halides is 3. The van der Waals surface area contributed by atoms with Gasteiger partial charge in [-0.2, -0.15) is 24.9 Å². The molecule has 0 bridgehead atoms. The van der Waals surface area contributed by atoms with Crippen molar-refractivity contribution < 1.29 is 17.6 Å². The maximum absolute atomic E-state index is 13.5. The molecule has 1 N–H and O–H groups in total. The van der Waals surface area contributed by atoms with Crippen LogP contribution in [0, 0.1) is 5.82 Å². The largest absolute Gasteiger partial charge is 0.416 e. The van der Waals surface area contributed by atoms with Gasteiger partial charge in [-0.3, -0.25) is 0 Å². The maximum atomic E-state index is 13.5. The van der Waals surface area contributed by atoms with Gasteiger partial charge in [-0.15, -0.1) is 0 Å². The van der Waals surface area contributed by atoms with E-state index in [2.05, 4.69) is 5.32 Å². The smallest absolute Gasteiger partial charge is 0.379 e. The number of rotatable bonds is 5. The van der Waals surface area contributed by atoms with Crippen molar-refractivity contribution in [1.29, 1.82) is 0 Å². The minimum Gasteiger partial charge on any atom is -0.379 e. The Bertz CT molecular complexity index is 392. The van der Waals surface area contributed by atoms with Crippen LogP contribution in [0.1, 0.15) is 19.4 Å². The molecule has 18 heavy (non-hydrogen) atoms. The molecule has 102 valence electrons. The number of thioether (sulfide) groups is 1. The van der Waals surface area contributed by atoms with E-state index >= 15 is 0 Å². The molecule has 0 heterocycles. The van der Waals surface area contributed by atoms with E-state index in [0.717, 1.165) is 23.6 Å². The highest BCUT2D eigenvalue weighted by Gasteiger charge is 2.31. The Kier molecular flexibility index (Phi) is 5.31. The summed E-state index contributed by atoms with van der Waals surface area (Å²) in [5.74, 6) is 0.844. The fourth-order valence-electron chi connectivity index (χ4n) is 1.41. The van der Waals surface area contributed by atoms with E-state index in [-0.39, 0.29) is 11.7 Å². The van der Waals surface area contributed by atoms with Crippen molar-refractivity contribution in [2.45, 2.75) is 26.1 Å². The third kappa shape index (κ3) is 4.40. The SMILES string of the molecule is CCSCC(C)Nc1ccc(C(F)(F)F)cc1F. The number of halogens is 4. The third-order valence-electron chi connectivity index (χ3n) is 2.27. The van der Waals surface area contributed by atoms with Gasteiger partial charge >= 0.3 is 6.18 Å². The fourth-order valence-corrected chi connectivity index (χ4v) is 2.08. The van der Waals surface area contributed by atoms with Crippen molar-refractivity contribution in [3.63, 3.8) is 0 Å². The summed E-state index contributed by atoms with van der Waals surface area (Å²) in [6.07, 6.45) is -4.51. The van der Waals surface area contributed by atoms with Crippen molar-refractivity contribution >= 4 is 17.4 Å². The Hall–Kier alpha value is -0.910. The minimum absolute atomic E-state index is 0.00110. The zero-order valence-corrected chi connectivity index (χ0v) is 11.0. The lowest BCUT2D eigenvalue weighted by Crippen LogP contribution is -2.19. The summed E-state index contributed by atoms with van der Waals surface area (Å²) in [5.41, 5.74) is -0.867. The molecule has 0 amide bonds. The molecule has 0 aliphatic carbocycles. The topological polar surface area (TPSA) is 12.0 Å². The zero-order valence-electron chi connectivity index (χ0n) is 10.1. The first-order chi connectivity index (χ1) is 8.34. The van der Waals surface area contributed by atoms with E-state index in [0.29, 0.717) is 6.07 Å². The zero-order chi connectivity index (χ0) is 13.8. The number of anilines is 1. The quantitative estimate of drug-likeness (QED) is 0.803. The van der Waals surface area contributed by atoms with Crippen molar-refractivity contribution in [1.82, 2.24) is 0 Å². The second kappa shape index (κ2) is 6.31. The molecule has 0 aliphatic rings. The summed E-state index contributed by atoms with van der Waals surface area (Å²) in [4.78, 5) is 0. The fraction of sp³-hybridized carbons (Fsp3) is 0.500. The molecular formula is C12H15F4NS. The molecule has 0 saturated carbocycles. The van der Waals surface area contributed by atoms with E-state index in [1.54, 1.807) is 11.8 Å². The Morgan fingerprint density at radius 2 is 2.00 bits per heavy atom. The van der Waals surface area contributed by atoms with Gasteiger partial charge in [-0.25, -0.2) is 4.39 Å². The second-order valence-corrected chi connectivity index (χ2v) is 5.22. The van der Waals surface area contributed by atoms with Gasteiger partial charge in [0, 0.05) is 11.8 Å². The highest BCUT2D eigenvalue weighted by Crippen LogP contribution is 2.31. The van der Waals surface area contributed by atoms with E-state index in [4.69, 9.17) is 0 Å². The molecule has 0 aliphatic heterocycles. The summed E-state index contributed by atoms with van der Waals surface area (Å²) >= 11 is 1.68. The van der Waals surface area contributed by atoms with Crippen LogP contribution < -0.4 is 5.32 Å². The van der Waals surface area contributed by atoms with Gasteiger partial charge in [0.2, 0.25) is 0 Å². The lowest BCUT2D eigenvalue weighted by molar-refractivity contribution is -0.137. The summed E-state index contributed by atoms with van der Waals surface area (Å²) in [5, 5.41) is 2.86. The molecule has 1 rings (SSSR count). The van der Waals surface area contributed by atoms with Crippen LogP contribution >= 0.6 is 11.8 Å². The van der Waals surface area contributed by atoms with Crippen LogP contribution in [0.15, 0.2) is 18.2 Å². The van der Waals surface area contributed by atoms with Crippen LogP contribution in [0.3, 0.4) is 0 Å². The first kappa shape index (κ1) is 15.1. The normalized spacial score (nSPS) is 13.4. The number of hydrogen-bond acceptors (Lipinski definition) is 2. The summed E-state index contributed by atoms with van der Waals surface area (Å²) < 4.78 is 50.5. The minimum atomic E-state index is -4.51. The van der Waals surface area contributed by atoms with Gasteiger partial charge in [0.25, 0.3) is 0 Å². The average molecular weight is 281 g/mol. The van der Waals surface area contributed by atoms with E-state index in [1.165, 1.54) is 0 Å². The number of hydrogen-bond donors (Lipinski definition) is 1. The Balaban J connectivity index is 2.74. The lowest BCUT2D eigenvalue weighted by Gasteiger charge is -2.16. The lowest BCUT2D eigenvalue weighted by atomic mass is 10.2. The molecule has 0 fully saturated rings. The third-order valence-corrected chi connectivity index (χ3v) is 3.41. The first-order valence-corrected chi connectivity index (χ1v) is 6.71. The van der Waals surface area contributed by atoms with Crippen molar-refractivity contribution in [2.24, 2.45) is 0 Å². The maximum Gasteiger partial charge on any atom is 0.416 e. The molecule has 1 unspecified atom stereocenters. The van der Waals surface area contributed by atoms with Crippen molar-refractivity contribution in [2.75, 3.05) is 16.8 Å². The van der Waals surface area contributed by atoms with Gasteiger partial charge in [-0.05, 0) is 30.9 Å². The van der Waals surface area contributed by atoms with Gasteiger partial charge in [0.05, 0.1) is 11.3 Å². The first-order valence-electron chi connectivity index (χ1n) is 5.55. The van der Waals surface area contributed by atoms with Gasteiger partial charge in [0.1, 0.15) is 5.82 Å². The van der Waals surface area contributed by atoms with Crippen LogP contribution in [-0.2, 0) is 6.18 Å². The molecule has 1 aromatic carbocycles.